The van der Waals surface area contributed by atoms with E-state index in [2.05, 4.69) is 0 Å². The Hall–Kier alpha value is -5.02. The van der Waals surface area contributed by atoms with E-state index in [1.165, 1.54) is 97.1 Å². The van der Waals surface area contributed by atoms with Crippen LogP contribution in [0.5, 0.6) is 0 Å². The van der Waals surface area contributed by atoms with Crippen molar-refractivity contribution in [3.8, 4) is 0 Å². The van der Waals surface area contributed by atoms with E-state index in [-0.39, 0.29) is 71.6 Å². The number of Topliss-reactive ketones (excluding diaryl/α,β-unsaturated/α-hetero) is 8. The van der Waals surface area contributed by atoms with Crippen LogP contribution in [0.2, 0.25) is 0 Å². The predicted octanol–water partition coefficient (Wildman–Crippen LogP) is 9.56. The van der Waals surface area contributed by atoms with E-state index in [0.29, 0.717) is 0 Å². The number of ketones is 8. The zero-order chi connectivity index (χ0) is 45.9. The summed E-state index contributed by atoms with van der Waals surface area (Å²) in [5.74, 6) is -11.4. The molecule has 0 saturated heterocycles. The first-order valence-corrected chi connectivity index (χ1v) is 16.4. The van der Waals surface area contributed by atoms with Crippen LogP contribution in [0.4, 0.5) is 52.7 Å². The summed E-state index contributed by atoms with van der Waals surface area (Å²) in [6.07, 6.45) is -24.3. The minimum atomic E-state index is -4.94. The molecular formula is C40H28EuF12O8. The molecule has 0 spiro atoms. The first-order chi connectivity index (χ1) is 27.6. The molecular weight excluding hydrogens is 988 g/mol. The molecule has 0 heterocycles. The van der Waals surface area contributed by atoms with Crippen LogP contribution >= 0.6 is 0 Å². The van der Waals surface area contributed by atoms with Crippen molar-refractivity contribution in [2.24, 2.45) is 0 Å². The normalized spacial score (nSPS) is 11.0. The van der Waals surface area contributed by atoms with Crippen LogP contribution < -0.4 is 0 Å². The van der Waals surface area contributed by atoms with Gasteiger partial charge in [-0.05, 0) is 0 Å². The maximum atomic E-state index is 11.8. The molecule has 0 atom stereocenters. The second-order valence-corrected chi connectivity index (χ2v) is 11.5. The average molecular weight is 1020 g/mol. The fraction of sp³-hybridized carbons (Fsp3) is 0.200. The fourth-order valence-corrected chi connectivity index (χ4v) is 3.89. The van der Waals surface area contributed by atoms with Gasteiger partial charge in [-0.3, -0.25) is 38.4 Å². The van der Waals surface area contributed by atoms with Gasteiger partial charge in [0.25, 0.3) is 0 Å². The van der Waals surface area contributed by atoms with Gasteiger partial charge in [-0.2, -0.15) is 52.7 Å². The molecule has 327 valence electrons. The van der Waals surface area contributed by atoms with Crippen molar-refractivity contribution in [2.75, 3.05) is 0 Å². The molecule has 0 saturated carbocycles. The number of hydrogen-bond donors (Lipinski definition) is 0. The molecule has 61 heavy (non-hydrogen) atoms. The summed E-state index contributed by atoms with van der Waals surface area (Å²) in [7, 11) is 0. The minimum absolute atomic E-state index is 0. The maximum absolute atomic E-state index is 11.8. The van der Waals surface area contributed by atoms with Crippen molar-refractivity contribution >= 4 is 46.3 Å². The third-order valence-corrected chi connectivity index (χ3v) is 6.93. The summed E-state index contributed by atoms with van der Waals surface area (Å²) in [6, 6.07) is 29.6. The summed E-state index contributed by atoms with van der Waals surface area (Å²) in [5.41, 5.74) is 0.426. The zero-order valence-electron chi connectivity index (χ0n) is 30.6. The van der Waals surface area contributed by atoms with Gasteiger partial charge in [0.15, 0.2) is 23.1 Å². The molecule has 0 bridgehead atoms. The predicted molar refractivity (Wildman–Crippen MR) is 186 cm³/mol. The Morgan fingerprint density at radius 3 is 0.525 bits per heavy atom. The molecule has 0 amide bonds. The van der Waals surface area contributed by atoms with Crippen LogP contribution in [-0.4, -0.2) is 71.0 Å². The molecule has 0 N–H and O–H groups in total. The quantitative estimate of drug-likeness (QED) is 0.0778. The molecule has 0 fully saturated rings. The van der Waals surface area contributed by atoms with Gasteiger partial charge in [0.1, 0.15) is 0 Å². The van der Waals surface area contributed by atoms with Crippen molar-refractivity contribution in [1.82, 2.24) is 0 Å². The van der Waals surface area contributed by atoms with Gasteiger partial charge >= 0.3 is 24.7 Å². The number of benzene rings is 4. The van der Waals surface area contributed by atoms with E-state index in [1.807, 2.05) is 0 Å². The zero-order valence-corrected chi connectivity index (χ0v) is 33.0. The van der Waals surface area contributed by atoms with Gasteiger partial charge in [0.05, 0.1) is 25.7 Å². The summed E-state index contributed by atoms with van der Waals surface area (Å²) in [4.78, 5) is 86.7. The van der Waals surface area contributed by atoms with Gasteiger partial charge in [0.2, 0.25) is 23.1 Å². The standard InChI is InChI=1S/4C10H7F3O2.Eu/c4*11-10(12,13)9(15)6-8(14)7-4-2-1-3-5-7;/h4*1-5H,6H2;. The second-order valence-electron chi connectivity index (χ2n) is 11.5. The largest absolute Gasteiger partial charge is 0.450 e. The second kappa shape index (κ2) is 25.7. The molecule has 0 aliphatic carbocycles. The van der Waals surface area contributed by atoms with E-state index in [1.54, 1.807) is 24.3 Å². The van der Waals surface area contributed by atoms with Crippen LogP contribution in [0.3, 0.4) is 0 Å². The van der Waals surface area contributed by atoms with Crippen LogP contribution in [0.1, 0.15) is 67.1 Å². The van der Waals surface area contributed by atoms with Crippen molar-refractivity contribution in [1.29, 1.82) is 0 Å². The van der Waals surface area contributed by atoms with Crippen LogP contribution in [0.15, 0.2) is 121 Å². The first-order valence-electron chi connectivity index (χ1n) is 16.4. The summed E-state index contributed by atoms with van der Waals surface area (Å²) in [6.45, 7) is 0. The average Bonchev–Trinajstić information content (AvgIpc) is 3.18. The number of alkyl halides is 12. The molecule has 0 unspecified atom stereocenters. The number of hydrogen-bond acceptors (Lipinski definition) is 8. The summed E-state index contributed by atoms with van der Waals surface area (Å²) in [5, 5.41) is 0. The number of carbonyl (C=O) groups is 8. The van der Waals surface area contributed by atoms with E-state index >= 15 is 0 Å². The third-order valence-electron chi connectivity index (χ3n) is 6.93. The van der Waals surface area contributed by atoms with Crippen molar-refractivity contribution in [3.05, 3.63) is 144 Å². The number of carbonyl (C=O) groups excluding carboxylic acids is 8. The van der Waals surface area contributed by atoms with E-state index in [9.17, 15) is 91.0 Å². The maximum Gasteiger partial charge on any atom is 0.450 e. The molecule has 4 aromatic rings. The molecule has 4 rings (SSSR count). The van der Waals surface area contributed by atoms with Gasteiger partial charge in [-0.1, -0.05) is 121 Å². The summed E-state index contributed by atoms with van der Waals surface area (Å²) < 4.78 is 142. The molecule has 0 aromatic heterocycles. The van der Waals surface area contributed by atoms with Crippen LogP contribution in [0.25, 0.3) is 0 Å². The van der Waals surface area contributed by atoms with Crippen molar-refractivity contribution < 1.29 is 140 Å². The Labute approximate surface area is 378 Å². The van der Waals surface area contributed by atoms with Crippen molar-refractivity contribution in [2.45, 2.75) is 50.4 Å². The van der Waals surface area contributed by atoms with Crippen LogP contribution in [-0.2, 0) is 19.2 Å². The molecule has 0 aliphatic rings. The third kappa shape index (κ3) is 22.4. The Bertz CT molecular complexity index is 1780. The van der Waals surface area contributed by atoms with Gasteiger partial charge in [-0.15, -0.1) is 0 Å². The molecule has 21 heteroatoms. The van der Waals surface area contributed by atoms with E-state index in [4.69, 9.17) is 0 Å². The molecule has 8 nitrogen and oxygen atoms in total. The van der Waals surface area contributed by atoms with Crippen molar-refractivity contribution in [3.63, 3.8) is 0 Å². The van der Waals surface area contributed by atoms with E-state index in [0.717, 1.165) is 0 Å². The Morgan fingerprint density at radius 1 is 0.279 bits per heavy atom. The molecule has 0 aliphatic heterocycles. The van der Waals surface area contributed by atoms with Crippen LogP contribution in [0, 0.1) is 49.4 Å². The summed E-state index contributed by atoms with van der Waals surface area (Å²) >= 11 is 0. The van der Waals surface area contributed by atoms with E-state index < -0.39 is 96.7 Å². The Balaban J connectivity index is 0.000000783. The molecule has 4 aromatic carbocycles. The minimum Gasteiger partial charge on any atom is -0.294 e. The number of rotatable bonds is 12. The SMILES string of the molecule is O=C(CC(=O)C(F)(F)F)c1ccccc1.O=C(CC(=O)C(F)(F)F)c1ccccc1.O=C(CC(=O)C(F)(F)F)c1ccccc1.O=C(CC(=O)C(F)(F)F)c1ccccc1.[Eu]. The molecule has 1 radical (unpaired) electrons. The van der Waals surface area contributed by atoms with Gasteiger partial charge in [-0.25, -0.2) is 0 Å². The van der Waals surface area contributed by atoms with Gasteiger partial charge in [0, 0.05) is 71.6 Å². The monoisotopic (exact) mass is 1020 g/mol. The number of halogens is 12. The first kappa shape index (κ1) is 56.0. The smallest absolute Gasteiger partial charge is 0.294 e. The fourth-order valence-electron chi connectivity index (χ4n) is 3.89. The topological polar surface area (TPSA) is 137 Å². The Kier molecular flexibility index (Phi) is 23.6. The Morgan fingerprint density at radius 2 is 0.410 bits per heavy atom. The van der Waals surface area contributed by atoms with Gasteiger partial charge < -0.3 is 0 Å².